The Morgan fingerprint density at radius 3 is 2.47 bits per heavy atom. The number of nitrogens with zero attached hydrogens (tertiary/aromatic N) is 1. The molecule has 0 radical (unpaired) electrons. The Kier molecular flexibility index (Phi) is 5.17. The largest absolute Gasteiger partial charge is 0.469 e. The van der Waals surface area contributed by atoms with Crippen molar-refractivity contribution in [2.75, 3.05) is 20.2 Å². The predicted molar refractivity (Wildman–Crippen MR) is 70.5 cm³/mol. The molecular formula is C13H24N2O4. The highest BCUT2D eigenvalue weighted by atomic mass is 16.6. The normalized spacial score (nSPS) is 24.6. The van der Waals surface area contributed by atoms with Gasteiger partial charge in [-0.2, -0.15) is 0 Å². The Balaban J connectivity index is 2.64. The van der Waals surface area contributed by atoms with E-state index in [0.717, 1.165) is 0 Å². The Bertz CT molecular complexity index is 338. The van der Waals surface area contributed by atoms with Gasteiger partial charge in [0.05, 0.1) is 13.0 Å². The molecule has 0 aromatic rings. The van der Waals surface area contributed by atoms with Gasteiger partial charge in [0.15, 0.2) is 0 Å². The van der Waals surface area contributed by atoms with Gasteiger partial charge in [0.1, 0.15) is 5.60 Å². The third-order valence-electron chi connectivity index (χ3n) is 2.98. The number of rotatable bonds is 1. The lowest BCUT2D eigenvalue weighted by Gasteiger charge is -2.27. The highest BCUT2D eigenvalue weighted by molar-refractivity contribution is 5.73. The van der Waals surface area contributed by atoms with Gasteiger partial charge in [-0.25, -0.2) is 4.79 Å². The molecule has 0 saturated carbocycles. The molecule has 6 nitrogen and oxygen atoms in total. The first-order chi connectivity index (χ1) is 8.73. The van der Waals surface area contributed by atoms with Crippen LogP contribution in [0.3, 0.4) is 0 Å². The van der Waals surface area contributed by atoms with Gasteiger partial charge in [-0.15, -0.1) is 0 Å². The second-order valence-electron chi connectivity index (χ2n) is 5.93. The maximum Gasteiger partial charge on any atom is 0.410 e. The summed E-state index contributed by atoms with van der Waals surface area (Å²) in [6, 6.07) is -0.237. The molecule has 0 aliphatic carbocycles. The summed E-state index contributed by atoms with van der Waals surface area (Å²) in [5.74, 6) is -0.506. The van der Waals surface area contributed by atoms with Crippen molar-refractivity contribution < 1.29 is 19.1 Å². The van der Waals surface area contributed by atoms with Crippen molar-refractivity contribution in [1.29, 1.82) is 0 Å². The fraction of sp³-hybridized carbons (Fsp3) is 0.846. The van der Waals surface area contributed by atoms with E-state index in [-0.39, 0.29) is 24.0 Å². The molecule has 0 unspecified atom stereocenters. The maximum absolute atomic E-state index is 12.0. The summed E-state index contributed by atoms with van der Waals surface area (Å²) in [4.78, 5) is 25.1. The zero-order valence-electron chi connectivity index (χ0n) is 12.1. The monoisotopic (exact) mass is 272 g/mol. The molecule has 1 saturated heterocycles. The predicted octanol–water partition coefficient (Wildman–Crippen LogP) is 1.13. The Morgan fingerprint density at radius 2 is 1.95 bits per heavy atom. The van der Waals surface area contributed by atoms with Crippen LogP contribution in [0.25, 0.3) is 0 Å². The van der Waals surface area contributed by atoms with Gasteiger partial charge in [-0.1, -0.05) is 0 Å². The van der Waals surface area contributed by atoms with Crippen LogP contribution < -0.4 is 5.73 Å². The number of amides is 1. The van der Waals surface area contributed by atoms with Gasteiger partial charge < -0.3 is 20.1 Å². The maximum atomic E-state index is 12.0. The van der Waals surface area contributed by atoms with Crippen molar-refractivity contribution in [3.05, 3.63) is 0 Å². The molecule has 0 aromatic carbocycles. The van der Waals surface area contributed by atoms with Gasteiger partial charge >= 0.3 is 12.1 Å². The minimum Gasteiger partial charge on any atom is -0.469 e. The van der Waals surface area contributed by atoms with Crippen molar-refractivity contribution >= 4 is 12.1 Å². The van der Waals surface area contributed by atoms with Gasteiger partial charge in [0.25, 0.3) is 0 Å². The summed E-state index contributed by atoms with van der Waals surface area (Å²) < 4.78 is 10.1. The number of ether oxygens (including phenoxy) is 2. The van der Waals surface area contributed by atoms with Crippen molar-refractivity contribution in [2.45, 2.75) is 45.3 Å². The first-order valence-electron chi connectivity index (χ1n) is 6.54. The van der Waals surface area contributed by atoms with Gasteiger partial charge in [0.2, 0.25) is 0 Å². The average Bonchev–Trinajstić information content (AvgIpc) is 2.48. The molecule has 1 amide bonds. The van der Waals surface area contributed by atoms with E-state index in [4.69, 9.17) is 15.2 Å². The Hall–Kier alpha value is -1.30. The number of methoxy groups -OCH3 is 1. The molecule has 0 spiro atoms. The molecule has 1 aliphatic heterocycles. The minimum absolute atomic E-state index is 0.237. The van der Waals surface area contributed by atoms with Crippen molar-refractivity contribution in [3.8, 4) is 0 Å². The van der Waals surface area contributed by atoms with E-state index in [9.17, 15) is 9.59 Å². The average molecular weight is 272 g/mol. The molecule has 0 bridgehead atoms. The summed E-state index contributed by atoms with van der Waals surface area (Å²) in [6.07, 6.45) is 0.708. The zero-order valence-corrected chi connectivity index (χ0v) is 12.1. The molecule has 1 aliphatic rings. The van der Waals surface area contributed by atoms with E-state index in [1.54, 1.807) is 4.90 Å². The number of nitrogens with two attached hydrogens (primary N) is 1. The van der Waals surface area contributed by atoms with Crippen LogP contribution in [-0.4, -0.2) is 48.8 Å². The first kappa shape index (κ1) is 15.8. The second kappa shape index (κ2) is 6.23. The number of hydrogen-bond acceptors (Lipinski definition) is 5. The van der Waals surface area contributed by atoms with Crippen molar-refractivity contribution in [1.82, 2.24) is 4.90 Å². The van der Waals surface area contributed by atoms with E-state index < -0.39 is 5.60 Å². The molecule has 2 atom stereocenters. The minimum atomic E-state index is -0.533. The number of carbonyl (C=O) groups is 2. The number of hydrogen-bond donors (Lipinski definition) is 1. The first-order valence-corrected chi connectivity index (χ1v) is 6.54. The van der Waals surface area contributed by atoms with E-state index >= 15 is 0 Å². The summed E-state index contributed by atoms with van der Waals surface area (Å²) in [5.41, 5.74) is 5.42. The van der Waals surface area contributed by atoms with E-state index in [0.29, 0.717) is 25.9 Å². The van der Waals surface area contributed by atoms with Crippen LogP contribution in [-0.2, 0) is 14.3 Å². The van der Waals surface area contributed by atoms with Crippen LogP contribution in [0.2, 0.25) is 0 Å². The van der Waals surface area contributed by atoms with Crippen LogP contribution in [0.5, 0.6) is 0 Å². The topological polar surface area (TPSA) is 81.9 Å². The van der Waals surface area contributed by atoms with Crippen LogP contribution in [0.4, 0.5) is 4.79 Å². The SMILES string of the molecule is COC(=O)[C@H]1CCN(C(=O)OC(C)(C)C)C[C@@H](N)C1. The fourth-order valence-electron chi connectivity index (χ4n) is 2.12. The summed E-state index contributed by atoms with van der Waals surface area (Å²) in [6.45, 7) is 6.32. The molecule has 2 N–H and O–H groups in total. The van der Waals surface area contributed by atoms with Crippen LogP contribution in [0, 0.1) is 5.92 Å². The van der Waals surface area contributed by atoms with Crippen molar-refractivity contribution in [3.63, 3.8) is 0 Å². The third kappa shape index (κ3) is 5.06. The number of carbonyl (C=O) groups excluding carboxylic acids is 2. The van der Waals surface area contributed by atoms with Crippen LogP contribution in [0.1, 0.15) is 33.6 Å². The van der Waals surface area contributed by atoms with E-state index in [1.165, 1.54) is 7.11 Å². The molecular weight excluding hydrogens is 248 g/mol. The summed E-state index contributed by atoms with van der Waals surface area (Å²) in [5, 5.41) is 0. The molecule has 6 heteroatoms. The highest BCUT2D eigenvalue weighted by Gasteiger charge is 2.31. The highest BCUT2D eigenvalue weighted by Crippen LogP contribution is 2.20. The molecule has 1 rings (SSSR count). The number of likely N-dealkylation sites (tertiary alicyclic amines) is 1. The van der Waals surface area contributed by atoms with Crippen molar-refractivity contribution in [2.24, 2.45) is 11.7 Å². The smallest absolute Gasteiger partial charge is 0.410 e. The number of esters is 1. The Labute approximate surface area is 114 Å². The quantitative estimate of drug-likeness (QED) is 0.724. The Morgan fingerprint density at radius 1 is 1.32 bits per heavy atom. The van der Waals surface area contributed by atoms with Gasteiger partial charge in [0, 0.05) is 19.1 Å². The molecule has 19 heavy (non-hydrogen) atoms. The zero-order chi connectivity index (χ0) is 14.6. The third-order valence-corrected chi connectivity index (χ3v) is 2.98. The summed E-state index contributed by atoms with van der Waals surface area (Å²) >= 11 is 0. The lowest BCUT2D eigenvalue weighted by Crippen LogP contribution is -2.42. The van der Waals surface area contributed by atoms with E-state index in [2.05, 4.69) is 0 Å². The van der Waals surface area contributed by atoms with E-state index in [1.807, 2.05) is 20.8 Å². The molecule has 110 valence electrons. The molecule has 1 heterocycles. The lowest BCUT2D eigenvalue weighted by atomic mass is 9.99. The molecule has 1 fully saturated rings. The van der Waals surface area contributed by atoms with Gasteiger partial charge in [-0.3, -0.25) is 4.79 Å². The fourth-order valence-corrected chi connectivity index (χ4v) is 2.12. The van der Waals surface area contributed by atoms with Gasteiger partial charge in [-0.05, 0) is 33.6 Å². The lowest BCUT2D eigenvalue weighted by molar-refractivity contribution is -0.145. The summed E-state index contributed by atoms with van der Waals surface area (Å²) in [7, 11) is 1.37. The standard InChI is InChI=1S/C13H24N2O4/c1-13(2,3)19-12(17)15-6-5-9(11(16)18-4)7-10(14)8-15/h9-10H,5-8,14H2,1-4H3/t9-,10-/m0/s1. The molecule has 0 aromatic heterocycles. The second-order valence-corrected chi connectivity index (χ2v) is 5.93. The van der Waals surface area contributed by atoms with Crippen LogP contribution >= 0.6 is 0 Å². The van der Waals surface area contributed by atoms with Crippen LogP contribution in [0.15, 0.2) is 0 Å².